The van der Waals surface area contributed by atoms with Gasteiger partial charge in [-0.3, -0.25) is 14.6 Å². The molecule has 0 radical (unpaired) electrons. The van der Waals surface area contributed by atoms with E-state index in [9.17, 15) is 4.79 Å². The van der Waals surface area contributed by atoms with Gasteiger partial charge in [0, 0.05) is 31.7 Å². The Hall–Kier alpha value is -2.75. The molecule has 4 rings (SSSR count). The van der Waals surface area contributed by atoms with Crippen LogP contribution in [0.1, 0.15) is 38.7 Å². The van der Waals surface area contributed by atoms with Crippen molar-refractivity contribution >= 4 is 5.78 Å². The average Bonchev–Trinajstić information content (AvgIpc) is 2.76. The third kappa shape index (κ3) is 4.69. The molecule has 0 aliphatic carbocycles. The van der Waals surface area contributed by atoms with Crippen molar-refractivity contribution in [2.45, 2.75) is 19.9 Å². The van der Waals surface area contributed by atoms with Gasteiger partial charge in [0.05, 0.1) is 12.6 Å². The Labute approximate surface area is 180 Å². The van der Waals surface area contributed by atoms with E-state index in [1.165, 1.54) is 16.7 Å². The van der Waals surface area contributed by atoms with Crippen molar-refractivity contribution in [3.63, 3.8) is 0 Å². The van der Waals surface area contributed by atoms with Gasteiger partial charge in [-0.05, 0) is 30.5 Å². The van der Waals surface area contributed by atoms with Crippen molar-refractivity contribution in [1.82, 2.24) is 9.80 Å². The van der Waals surface area contributed by atoms with Crippen LogP contribution < -0.4 is 0 Å². The van der Waals surface area contributed by atoms with E-state index in [2.05, 4.69) is 83.5 Å². The summed E-state index contributed by atoms with van der Waals surface area (Å²) in [5.74, 6) is 0.226. The molecule has 0 amide bonds. The van der Waals surface area contributed by atoms with Crippen molar-refractivity contribution in [1.29, 1.82) is 0 Å². The smallest absolute Gasteiger partial charge is 0.177 e. The Kier molecular flexibility index (Phi) is 6.41. The molecule has 0 bridgehead atoms. The number of rotatable bonds is 6. The van der Waals surface area contributed by atoms with Crippen LogP contribution in [0.5, 0.6) is 0 Å². The zero-order valence-electron chi connectivity index (χ0n) is 17.9. The zero-order chi connectivity index (χ0) is 20.9. The summed E-state index contributed by atoms with van der Waals surface area (Å²) in [4.78, 5) is 17.7. The molecule has 0 aromatic heterocycles. The molecule has 3 aromatic rings. The number of hydrogen-bond donors (Lipinski definition) is 0. The van der Waals surface area contributed by atoms with E-state index in [1.807, 2.05) is 19.1 Å². The average molecular weight is 399 g/mol. The van der Waals surface area contributed by atoms with Crippen LogP contribution in [0, 0.1) is 13.8 Å². The fourth-order valence-electron chi connectivity index (χ4n) is 4.48. The van der Waals surface area contributed by atoms with Crippen molar-refractivity contribution < 1.29 is 4.79 Å². The highest BCUT2D eigenvalue weighted by atomic mass is 16.1. The van der Waals surface area contributed by atoms with Crippen LogP contribution >= 0.6 is 0 Å². The van der Waals surface area contributed by atoms with Crippen LogP contribution in [0.15, 0.2) is 78.9 Å². The second-order valence-electron chi connectivity index (χ2n) is 8.28. The van der Waals surface area contributed by atoms with Crippen LogP contribution in [0.4, 0.5) is 0 Å². The maximum Gasteiger partial charge on any atom is 0.177 e. The van der Waals surface area contributed by atoms with Gasteiger partial charge in [-0.25, -0.2) is 0 Å². The molecule has 3 heteroatoms. The largest absolute Gasteiger partial charge is 0.293 e. The van der Waals surface area contributed by atoms with E-state index in [4.69, 9.17) is 0 Å². The number of carbonyl (C=O) groups excluding carboxylic acids is 1. The first-order valence-corrected chi connectivity index (χ1v) is 10.8. The molecule has 1 heterocycles. The maximum absolute atomic E-state index is 12.8. The van der Waals surface area contributed by atoms with Crippen LogP contribution in [-0.4, -0.2) is 48.3 Å². The van der Waals surface area contributed by atoms with Gasteiger partial charge in [0.15, 0.2) is 5.78 Å². The minimum absolute atomic E-state index is 0.226. The zero-order valence-corrected chi connectivity index (χ0v) is 17.9. The summed E-state index contributed by atoms with van der Waals surface area (Å²) in [6.07, 6.45) is 0. The first-order valence-electron chi connectivity index (χ1n) is 10.8. The normalized spacial score (nSPS) is 15.4. The second-order valence-corrected chi connectivity index (χ2v) is 8.28. The minimum Gasteiger partial charge on any atom is -0.293 e. The molecule has 1 saturated heterocycles. The minimum atomic E-state index is 0.226. The number of carbonyl (C=O) groups is 1. The van der Waals surface area contributed by atoms with Gasteiger partial charge in [0.25, 0.3) is 0 Å². The fraction of sp³-hybridized carbons (Fsp3) is 0.296. The summed E-state index contributed by atoms with van der Waals surface area (Å²) in [7, 11) is 0. The monoisotopic (exact) mass is 398 g/mol. The maximum atomic E-state index is 12.8. The SMILES string of the molecule is Cc1ccc(C(=O)CN2CCN(C(c3ccccc3)c3ccccc3)CC2)c(C)c1. The number of Topliss-reactive ketones (excluding diaryl/α,β-unsaturated/α-hetero) is 1. The number of benzene rings is 3. The van der Waals surface area contributed by atoms with E-state index < -0.39 is 0 Å². The molecule has 30 heavy (non-hydrogen) atoms. The molecule has 0 unspecified atom stereocenters. The van der Waals surface area contributed by atoms with Gasteiger partial charge >= 0.3 is 0 Å². The summed E-state index contributed by atoms with van der Waals surface area (Å²) in [6, 6.07) is 27.8. The molecule has 0 atom stereocenters. The van der Waals surface area contributed by atoms with Crippen LogP contribution in [0.3, 0.4) is 0 Å². The lowest BCUT2D eigenvalue weighted by Crippen LogP contribution is -2.49. The number of hydrogen-bond acceptors (Lipinski definition) is 3. The van der Waals surface area contributed by atoms with Crippen LogP contribution in [0.25, 0.3) is 0 Å². The first-order chi connectivity index (χ1) is 14.6. The molecular formula is C27H30N2O. The Balaban J connectivity index is 1.44. The van der Waals surface area contributed by atoms with E-state index in [-0.39, 0.29) is 11.8 Å². The van der Waals surface area contributed by atoms with E-state index in [0.29, 0.717) is 6.54 Å². The highest BCUT2D eigenvalue weighted by Crippen LogP contribution is 2.29. The summed E-state index contributed by atoms with van der Waals surface area (Å²) >= 11 is 0. The topological polar surface area (TPSA) is 23.6 Å². The predicted molar refractivity (Wildman–Crippen MR) is 123 cm³/mol. The number of ketones is 1. The third-order valence-corrected chi connectivity index (χ3v) is 6.05. The van der Waals surface area contributed by atoms with Crippen molar-refractivity contribution in [3.05, 3.63) is 107 Å². The van der Waals surface area contributed by atoms with Crippen LogP contribution in [-0.2, 0) is 0 Å². The van der Waals surface area contributed by atoms with Gasteiger partial charge in [-0.2, -0.15) is 0 Å². The van der Waals surface area contributed by atoms with Gasteiger partial charge in [0.2, 0.25) is 0 Å². The summed E-state index contributed by atoms with van der Waals surface area (Å²) in [5.41, 5.74) is 5.78. The van der Waals surface area contributed by atoms with Gasteiger partial charge in [-0.1, -0.05) is 84.4 Å². The van der Waals surface area contributed by atoms with Gasteiger partial charge < -0.3 is 0 Å². The highest BCUT2D eigenvalue weighted by molar-refractivity contribution is 5.99. The highest BCUT2D eigenvalue weighted by Gasteiger charge is 2.27. The van der Waals surface area contributed by atoms with E-state index >= 15 is 0 Å². The lowest BCUT2D eigenvalue weighted by Gasteiger charge is -2.39. The van der Waals surface area contributed by atoms with Gasteiger partial charge in [0.1, 0.15) is 0 Å². The summed E-state index contributed by atoms with van der Waals surface area (Å²) < 4.78 is 0. The number of piperazine rings is 1. The molecule has 1 aliphatic heterocycles. The molecule has 0 spiro atoms. The number of aryl methyl sites for hydroxylation is 2. The fourth-order valence-corrected chi connectivity index (χ4v) is 4.48. The van der Waals surface area contributed by atoms with E-state index in [0.717, 1.165) is 37.3 Å². The van der Waals surface area contributed by atoms with Crippen molar-refractivity contribution in [2.75, 3.05) is 32.7 Å². The molecule has 0 saturated carbocycles. The van der Waals surface area contributed by atoms with E-state index in [1.54, 1.807) is 0 Å². The quantitative estimate of drug-likeness (QED) is 0.552. The summed E-state index contributed by atoms with van der Waals surface area (Å²) in [5, 5.41) is 0. The molecule has 1 fully saturated rings. The predicted octanol–water partition coefficient (Wildman–Crippen LogP) is 4.89. The molecule has 0 N–H and O–H groups in total. The van der Waals surface area contributed by atoms with Gasteiger partial charge in [-0.15, -0.1) is 0 Å². The molecular weight excluding hydrogens is 368 g/mol. The van der Waals surface area contributed by atoms with Crippen LogP contribution in [0.2, 0.25) is 0 Å². The molecule has 3 nitrogen and oxygen atoms in total. The Morgan fingerprint density at radius 1 is 0.800 bits per heavy atom. The third-order valence-electron chi connectivity index (χ3n) is 6.05. The van der Waals surface area contributed by atoms with Crippen molar-refractivity contribution in [3.8, 4) is 0 Å². The van der Waals surface area contributed by atoms with Crippen molar-refractivity contribution in [2.24, 2.45) is 0 Å². The Morgan fingerprint density at radius 3 is 1.90 bits per heavy atom. The Morgan fingerprint density at radius 2 is 1.37 bits per heavy atom. The molecule has 3 aromatic carbocycles. The second kappa shape index (κ2) is 9.38. The first kappa shape index (κ1) is 20.5. The Bertz CT molecular complexity index is 937. The lowest BCUT2D eigenvalue weighted by atomic mass is 9.96. The lowest BCUT2D eigenvalue weighted by molar-refractivity contribution is 0.0807. The molecule has 154 valence electrons. The summed E-state index contributed by atoms with van der Waals surface area (Å²) in [6.45, 7) is 8.32. The number of nitrogens with zero attached hydrogens (tertiary/aromatic N) is 2. The standard InChI is InChI=1S/C27H30N2O/c1-21-13-14-25(22(2)19-21)26(30)20-28-15-17-29(18-16-28)27(23-9-5-3-6-10-23)24-11-7-4-8-12-24/h3-14,19,27H,15-18,20H2,1-2H3. The molecule has 1 aliphatic rings.